The van der Waals surface area contributed by atoms with E-state index in [1.165, 1.54) is 4.90 Å². The lowest BCUT2D eigenvalue weighted by molar-refractivity contribution is -0.144. The lowest BCUT2D eigenvalue weighted by Crippen LogP contribution is -2.57. The van der Waals surface area contributed by atoms with Crippen molar-refractivity contribution in [2.45, 2.75) is 78.6 Å². The molecule has 2 aromatic heterocycles. The van der Waals surface area contributed by atoms with Crippen LogP contribution in [-0.2, 0) is 60.6 Å². The van der Waals surface area contributed by atoms with Crippen molar-refractivity contribution in [1.82, 2.24) is 30.5 Å². The van der Waals surface area contributed by atoms with E-state index in [0.29, 0.717) is 90.7 Å². The highest BCUT2D eigenvalue weighted by Crippen LogP contribution is 2.29. The molecule has 0 bridgehead atoms. The largest absolute Gasteiger partial charge is 0.391 e. The van der Waals surface area contributed by atoms with Gasteiger partial charge in [0.05, 0.1) is 108 Å². The van der Waals surface area contributed by atoms with E-state index in [-0.39, 0.29) is 56.9 Å². The molecule has 3 atom stereocenters. The summed E-state index contributed by atoms with van der Waals surface area (Å²) in [7, 11) is 1.95. The van der Waals surface area contributed by atoms with Gasteiger partial charge >= 0.3 is 0 Å². The monoisotopic (exact) mass is 1100 g/mol. The maximum atomic E-state index is 13.9. The number of thiazole rings is 1. The number of aromatic nitrogens is 3. The van der Waals surface area contributed by atoms with Crippen LogP contribution in [0.1, 0.15) is 56.1 Å². The van der Waals surface area contributed by atoms with E-state index in [0.717, 1.165) is 44.5 Å². The molecule has 0 radical (unpaired) electrons. The first-order valence-corrected chi connectivity index (χ1v) is 27.3. The lowest BCUT2D eigenvalue weighted by Gasteiger charge is -2.35. The Morgan fingerprint density at radius 2 is 1.33 bits per heavy atom. The van der Waals surface area contributed by atoms with Gasteiger partial charge < -0.3 is 64.6 Å². The van der Waals surface area contributed by atoms with Crippen molar-refractivity contribution in [3.8, 4) is 10.4 Å². The number of aliphatic hydroxyl groups is 1. The molecule has 0 spiro atoms. The molecular weight excluding hydrogens is 1020 g/mol. The molecule has 0 saturated carbocycles. The molecule has 21 heteroatoms. The average molecular weight is 1100 g/mol. The van der Waals surface area contributed by atoms with Crippen molar-refractivity contribution in [2.24, 2.45) is 5.41 Å². The highest BCUT2D eigenvalue weighted by atomic mass is 32.1. The van der Waals surface area contributed by atoms with E-state index in [2.05, 4.69) is 36.2 Å². The number of carbonyl (C=O) groups is 4. The number of likely N-dealkylation sites (tertiary alicyclic amines) is 1. The molecule has 1 aliphatic rings. The number of nitrogens with zero attached hydrogens (tertiary/aromatic N) is 5. The number of likely N-dealkylation sites (N-methyl/N-ethyl adjacent to an activating group) is 1. The number of rotatable bonds is 33. The van der Waals surface area contributed by atoms with Gasteiger partial charge in [0.15, 0.2) is 0 Å². The molecule has 1 fully saturated rings. The van der Waals surface area contributed by atoms with Crippen LogP contribution in [0.3, 0.4) is 0 Å². The van der Waals surface area contributed by atoms with Crippen molar-refractivity contribution < 1.29 is 52.7 Å². The number of nitrogens with one attached hydrogen (secondary N) is 4. The van der Waals surface area contributed by atoms with E-state index >= 15 is 0 Å². The van der Waals surface area contributed by atoms with E-state index in [1.54, 1.807) is 11.3 Å². The predicted molar refractivity (Wildman–Crippen MR) is 300 cm³/mol. The molecule has 78 heavy (non-hydrogen) atoms. The molecular formula is C57H77N9O11S. The van der Waals surface area contributed by atoms with Crippen LogP contribution in [-0.4, -0.2) is 166 Å². The van der Waals surface area contributed by atoms with Crippen LogP contribution in [0, 0.1) is 19.3 Å². The fraction of sp³-hybridized carbons (Fsp3) is 0.491. The number of anilines is 4. The number of benzene rings is 3. The van der Waals surface area contributed by atoms with Crippen molar-refractivity contribution in [3.05, 3.63) is 113 Å². The number of β-amino-alcohol motifs (C(OH)–C–C–N with tert-alkyl or cyclic N) is 1. The van der Waals surface area contributed by atoms with E-state index < -0.39 is 29.5 Å². The quantitative estimate of drug-likeness (QED) is 0.0309. The number of ether oxygens (including phenoxy) is 6. The zero-order valence-electron chi connectivity index (χ0n) is 45.8. The minimum Gasteiger partial charge on any atom is -0.391 e. The van der Waals surface area contributed by atoms with Crippen molar-refractivity contribution in [1.29, 1.82) is 0 Å². The van der Waals surface area contributed by atoms with Crippen LogP contribution in [0.15, 0.2) is 90.4 Å². The van der Waals surface area contributed by atoms with Gasteiger partial charge in [-0.1, -0.05) is 75.4 Å². The standard InChI is InChI=1S/C57H77N9O11S/c1-40-34-49(63-56(60-40)62-46-18-16-45(17-19-46)61-51(69)35-42-10-8-7-9-11-42)65(6)21-23-73-25-27-75-29-31-77-33-32-76-30-28-74-26-24-72-22-20-50(68)64-53(57(3,4)5)55(71)66-38-47(67)36-48(66)54(70)58-37-43-12-14-44(15-13-43)52-41(2)59-39-78-52/h7-19,34,39,47-48,53,67H,20-33,35-38H2,1-6H3,(H,58,70)(H,61,69)(H,64,68)(H,60,62,63)/t47-,48+,53-/m1/s1. The molecule has 4 amide bonds. The number of amides is 4. The van der Waals surface area contributed by atoms with Crippen LogP contribution < -0.4 is 26.2 Å². The van der Waals surface area contributed by atoms with E-state index in [9.17, 15) is 24.3 Å². The zero-order valence-corrected chi connectivity index (χ0v) is 46.6. The van der Waals surface area contributed by atoms with E-state index in [4.69, 9.17) is 28.4 Å². The van der Waals surface area contributed by atoms with Crippen LogP contribution >= 0.6 is 11.3 Å². The summed E-state index contributed by atoms with van der Waals surface area (Å²) in [6, 6.07) is 25.0. The highest BCUT2D eigenvalue weighted by Gasteiger charge is 2.44. The normalized spacial score (nSPS) is 14.7. The summed E-state index contributed by atoms with van der Waals surface area (Å²) in [6.07, 6.45) is -0.424. The minimum atomic E-state index is -0.929. The lowest BCUT2D eigenvalue weighted by atomic mass is 9.85. The van der Waals surface area contributed by atoms with E-state index in [1.807, 2.05) is 137 Å². The summed E-state index contributed by atoms with van der Waals surface area (Å²) < 4.78 is 33.8. The van der Waals surface area contributed by atoms with Gasteiger partial charge in [0.1, 0.15) is 17.9 Å². The Balaban J connectivity index is 0.732. The second-order valence-electron chi connectivity index (χ2n) is 19.9. The Morgan fingerprint density at radius 1 is 0.744 bits per heavy atom. The van der Waals surface area contributed by atoms with Crippen LogP contribution in [0.4, 0.5) is 23.1 Å². The average Bonchev–Trinajstić information content (AvgIpc) is 4.05. The Kier molecular flexibility index (Phi) is 24.8. The molecule has 3 heterocycles. The zero-order chi connectivity index (χ0) is 55.7. The van der Waals surface area contributed by atoms with Gasteiger partial charge in [0.25, 0.3) is 0 Å². The van der Waals surface area contributed by atoms with Crippen LogP contribution in [0.25, 0.3) is 10.4 Å². The Bertz CT molecular complexity index is 2620. The van der Waals surface area contributed by atoms with Gasteiger partial charge in [-0.2, -0.15) is 4.98 Å². The molecule has 1 saturated heterocycles. The SMILES string of the molecule is Cc1cc(N(C)CCOCCOCCOCCOCCOCCOCCC(=O)N[C@H](C(=O)N2C[C@H](O)C[C@H]2C(=O)NCc2ccc(-c3scnc3C)cc2)C(C)(C)C)nc(Nc2ccc(NC(=O)Cc3ccccc3)cc2)n1. The van der Waals surface area contributed by atoms with Gasteiger partial charge in [0, 0.05) is 62.7 Å². The first-order valence-electron chi connectivity index (χ1n) is 26.4. The van der Waals surface area contributed by atoms with Gasteiger partial charge in [-0.25, -0.2) is 9.97 Å². The molecule has 0 unspecified atom stereocenters. The second-order valence-corrected chi connectivity index (χ2v) is 20.7. The van der Waals surface area contributed by atoms with Gasteiger partial charge in [-0.3, -0.25) is 19.2 Å². The highest BCUT2D eigenvalue weighted by molar-refractivity contribution is 7.13. The molecule has 5 aromatic rings. The molecule has 1 aliphatic heterocycles. The summed E-state index contributed by atoms with van der Waals surface area (Å²) >= 11 is 1.57. The summed E-state index contributed by atoms with van der Waals surface area (Å²) in [4.78, 5) is 70.9. The number of aryl methyl sites for hydroxylation is 2. The molecule has 0 aliphatic carbocycles. The molecule has 3 aromatic carbocycles. The first-order chi connectivity index (χ1) is 37.6. The van der Waals surface area contributed by atoms with Crippen molar-refractivity contribution in [3.63, 3.8) is 0 Å². The van der Waals surface area contributed by atoms with Crippen molar-refractivity contribution in [2.75, 3.05) is 115 Å². The van der Waals surface area contributed by atoms with Crippen LogP contribution in [0.5, 0.6) is 0 Å². The van der Waals surface area contributed by atoms with Gasteiger partial charge in [0.2, 0.25) is 29.6 Å². The topological polar surface area (TPSA) is 237 Å². The Labute approximate surface area is 461 Å². The maximum absolute atomic E-state index is 13.9. The molecule has 5 N–H and O–H groups in total. The third-order valence-corrected chi connectivity index (χ3v) is 13.5. The first kappa shape index (κ1) is 60.8. The maximum Gasteiger partial charge on any atom is 0.246 e. The predicted octanol–water partition coefficient (Wildman–Crippen LogP) is 5.88. The Hall–Kier alpha value is -6.43. The third-order valence-electron chi connectivity index (χ3n) is 12.5. The van der Waals surface area contributed by atoms with Crippen molar-refractivity contribution >= 4 is 58.1 Å². The number of hydrogen-bond acceptors (Lipinski definition) is 17. The van der Waals surface area contributed by atoms with Crippen LogP contribution in [0.2, 0.25) is 0 Å². The Morgan fingerprint density at radius 3 is 1.92 bits per heavy atom. The minimum absolute atomic E-state index is 0.00576. The fourth-order valence-corrected chi connectivity index (χ4v) is 9.06. The summed E-state index contributed by atoms with van der Waals surface area (Å²) in [5, 5.41) is 22.5. The molecule has 422 valence electrons. The number of hydrogen-bond donors (Lipinski definition) is 5. The van der Waals surface area contributed by atoms with Gasteiger partial charge in [-0.15, -0.1) is 11.3 Å². The second kappa shape index (κ2) is 31.8. The summed E-state index contributed by atoms with van der Waals surface area (Å²) in [6.45, 7) is 14.8. The molecule has 20 nitrogen and oxygen atoms in total. The smallest absolute Gasteiger partial charge is 0.246 e. The summed E-state index contributed by atoms with van der Waals surface area (Å²) in [5.74, 6) is -0.00578. The number of aliphatic hydroxyl groups excluding tert-OH is 1. The molecule has 6 rings (SSSR count). The fourth-order valence-electron chi connectivity index (χ4n) is 8.25. The third kappa shape index (κ3) is 20.7. The summed E-state index contributed by atoms with van der Waals surface area (Å²) in [5.41, 5.74) is 7.32. The van der Waals surface area contributed by atoms with Gasteiger partial charge in [-0.05, 0) is 60.2 Å². The number of carbonyl (C=O) groups excluding carboxylic acids is 4.